The number of phenols is 1. The number of phenolic OH excluding ortho intramolecular Hbond substituents is 1. The number of piperidine rings is 1. The summed E-state index contributed by atoms with van der Waals surface area (Å²) in [7, 11) is 1.53. The zero-order chi connectivity index (χ0) is 15.2. The van der Waals surface area contributed by atoms with Crippen LogP contribution in [0, 0.1) is 0 Å². The lowest BCUT2D eigenvalue weighted by atomic mass is 10.0. The minimum Gasteiger partial charge on any atom is -0.507 e. The molecule has 1 saturated heterocycles. The molecule has 21 heavy (non-hydrogen) atoms. The van der Waals surface area contributed by atoms with Gasteiger partial charge in [-0.3, -0.25) is 4.79 Å². The fourth-order valence-corrected chi connectivity index (χ4v) is 2.67. The Labute approximate surface area is 125 Å². The summed E-state index contributed by atoms with van der Waals surface area (Å²) in [5, 5.41) is 13.5. The lowest BCUT2D eigenvalue weighted by Gasteiger charge is -2.33. The molecular formula is C16H24N2O3. The predicted molar refractivity (Wildman–Crippen MR) is 81.9 cm³/mol. The van der Waals surface area contributed by atoms with Gasteiger partial charge in [0.05, 0.1) is 12.7 Å². The van der Waals surface area contributed by atoms with Crippen LogP contribution in [-0.4, -0.2) is 48.7 Å². The van der Waals surface area contributed by atoms with E-state index in [9.17, 15) is 9.90 Å². The summed E-state index contributed by atoms with van der Waals surface area (Å²) < 4.78 is 5.04. The van der Waals surface area contributed by atoms with Crippen LogP contribution in [0.5, 0.6) is 11.5 Å². The molecule has 1 amide bonds. The number of ether oxygens (including phenoxy) is 1. The van der Waals surface area contributed by atoms with Gasteiger partial charge < -0.3 is 20.1 Å². The highest BCUT2D eigenvalue weighted by Gasteiger charge is 2.25. The van der Waals surface area contributed by atoms with E-state index in [1.807, 2.05) is 4.90 Å². The lowest BCUT2D eigenvalue weighted by Crippen LogP contribution is -2.48. The third-order valence-electron chi connectivity index (χ3n) is 3.83. The van der Waals surface area contributed by atoms with E-state index >= 15 is 0 Å². The molecule has 5 nitrogen and oxygen atoms in total. The van der Waals surface area contributed by atoms with Crippen molar-refractivity contribution in [3.8, 4) is 11.5 Å². The third kappa shape index (κ3) is 3.88. The molecule has 0 saturated carbocycles. The number of carbonyl (C=O) groups is 1. The molecule has 1 heterocycles. The molecule has 0 radical (unpaired) electrons. The average Bonchev–Trinajstić information content (AvgIpc) is 2.52. The Morgan fingerprint density at radius 3 is 3.00 bits per heavy atom. The minimum absolute atomic E-state index is 0.0250. The largest absolute Gasteiger partial charge is 0.507 e. The van der Waals surface area contributed by atoms with Gasteiger partial charge in [-0.1, -0.05) is 6.92 Å². The zero-order valence-corrected chi connectivity index (χ0v) is 12.8. The maximum Gasteiger partial charge on any atom is 0.257 e. The molecule has 0 spiro atoms. The molecule has 1 aromatic rings. The zero-order valence-electron chi connectivity index (χ0n) is 12.8. The first kappa shape index (κ1) is 15.6. The van der Waals surface area contributed by atoms with Gasteiger partial charge in [-0.25, -0.2) is 0 Å². The summed E-state index contributed by atoms with van der Waals surface area (Å²) in [6.07, 6.45) is 3.17. The van der Waals surface area contributed by atoms with E-state index in [4.69, 9.17) is 4.74 Å². The van der Waals surface area contributed by atoms with Crippen LogP contribution in [0.15, 0.2) is 18.2 Å². The van der Waals surface area contributed by atoms with E-state index < -0.39 is 0 Å². The summed E-state index contributed by atoms with van der Waals surface area (Å²) in [4.78, 5) is 14.4. The second-order valence-corrected chi connectivity index (χ2v) is 5.43. The number of methoxy groups -OCH3 is 1. The lowest BCUT2D eigenvalue weighted by molar-refractivity contribution is 0.0692. The number of nitrogens with zero attached hydrogens (tertiary/aromatic N) is 1. The van der Waals surface area contributed by atoms with Crippen LogP contribution >= 0.6 is 0 Å². The Balaban J connectivity index is 2.05. The van der Waals surface area contributed by atoms with Crippen molar-refractivity contribution in [3.05, 3.63) is 23.8 Å². The maximum atomic E-state index is 12.5. The number of benzene rings is 1. The Hall–Kier alpha value is -1.75. The Bertz CT molecular complexity index is 490. The number of carbonyl (C=O) groups excluding carboxylic acids is 1. The molecule has 1 aromatic carbocycles. The molecule has 1 aliphatic heterocycles. The first-order valence-corrected chi connectivity index (χ1v) is 7.55. The summed E-state index contributed by atoms with van der Waals surface area (Å²) in [5.74, 6) is 0.409. The molecule has 1 aliphatic rings. The highest BCUT2D eigenvalue weighted by atomic mass is 16.5. The van der Waals surface area contributed by atoms with Gasteiger partial charge in [0.25, 0.3) is 5.91 Å². The van der Waals surface area contributed by atoms with Crippen molar-refractivity contribution >= 4 is 5.91 Å². The smallest absolute Gasteiger partial charge is 0.257 e. The van der Waals surface area contributed by atoms with Crippen molar-refractivity contribution in [1.82, 2.24) is 10.2 Å². The van der Waals surface area contributed by atoms with Gasteiger partial charge in [-0.05, 0) is 37.9 Å². The molecule has 0 aromatic heterocycles. The molecule has 1 atom stereocenters. The number of aromatic hydroxyl groups is 1. The van der Waals surface area contributed by atoms with Gasteiger partial charge in [-0.2, -0.15) is 0 Å². The number of rotatable bonds is 5. The SMILES string of the molecule is CCCNC1CCCN(C(=O)c2ccc(OC)cc2O)C1. The normalized spacial score (nSPS) is 18.6. The first-order chi connectivity index (χ1) is 10.2. The van der Waals surface area contributed by atoms with Crippen LogP contribution in [0.2, 0.25) is 0 Å². The van der Waals surface area contributed by atoms with Gasteiger partial charge in [0.2, 0.25) is 0 Å². The van der Waals surface area contributed by atoms with Crippen LogP contribution in [0.1, 0.15) is 36.5 Å². The maximum absolute atomic E-state index is 12.5. The van der Waals surface area contributed by atoms with Crippen molar-refractivity contribution in [2.75, 3.05) is 26.7 Å². The van der Waals surface area contributed by atoms with Gasteiger partial charge in [-0.15, -0.1) is 0 Å². The van der Waals surface area contributed by atoms with Gasteiger partial charge in [0, 0.05) is 25.2 Å². The fraction of sp³-hybridized carbons (Fsp3) is 0.562. The Kier molecular flexibility index (Phi) is 5.44. The quantitative estimate of drug-likeness (QED) is 0.871. The van der Waals surface area contributed by atoms with Crippen molar-refractivity contribution in [2.45, 2.75) is 32.2 Å². The summed E-state index contributed by atoms with van der Waals surface area (Å²) >= 11 is 0. The molecule has 1 unspecified atom stereocenters. The summed E-state index contributed by atoms with van der Waals surface area (Å²) in [6, 6.07) is 5.15. The van der Waals surface area contributed by atoms with E-state index in [0.717, 1.165) is 32.4 Å². The van der Waals surface area contributed by atoms with E-state index in [2.05, 4.69) is 12.2 Å². The van der Waals surface area contributed by atoms with Crippen LogP contribution in [-0.2, 0) is 0 Å². The number of hydrogen-bond donors (Lipinski definition) is 2. The van der Waals surface area contributed by atoms with Crippen LogP contribution in [0.3, 0.4) is 0 Å². The van der Waals surface area contributed by atoms with Crippen molar-refractivity contribution in [2.24, 2.45) is 0 Å². The average molecular weight is 292 g/mol. The highest BCUT2D eigenvalue weighted by molar-refractivity contribution is 5.97. The monoisotopic (exact) mass is 292 g/mol. The predicted octanol–water partition coefficient (Wildman–Crippen LogP) is 2.00. The summed E-state index contributed by atoms with van der Waals surface area (Å²) in [6.45, 7) is 4.55. The van der Waals surface area contributed by atoms with E-state index in [1.165, 1.54) is 13.2 Å². The van der Waals surface area contributed by atoms with Gasteiger partial charge in [0.1, 0.15) is 11.5 Å². The number of nitrogens with one attached hydrogen (secondary N) is 1. The molecule has 2 N–H and O–H groups in total. The van der Waals surface area contributed by atoms with Crippen molar-refractivity contribution in [1.29, 1.82) is 0 Å². The first-order valence-electron chi connectivity index (χ1n) is 7.55. The minimum atomic E-state index is -0.113. The van der Waals surface area contributed by atoms with E-state index in [1.54, 1.807) is 12.1 Å². The van der Waals surface area contributed by atoms with Crippen LogP contribution < -0.4 is 10.1 Å². The molecule has 116 valence electrons. The number of hydrogen-bond acceptors (Lipinski definition) is 4. The molecular weight excluding hydrogens is 268 g/mol. The summed E-state index contributed by atoms with van der Waals surface area (Å²) in [5.41, 5.74) is 0.340. The second kappa shape index (κ2) is 7.31. The molecule has 1 fully saturated rings. The van der Waals surface area contributed by atoms with Crippen molar-refractivity contribution in [3.63, 3.8) is 0 Å². The van der Waals surface area contributed by atoms with Crippen LogP contribution in [0.25, 0.3) is 0 Å². The van der Waals surface area contributed by atoms with Gasteiger partial charge >= 0.3 is 0 Å². The van der Waals surface area contributed by atoms with Crippen LogP contribution in [0.4, 0.5) is 0 Å². The molecule has 0 aliphatic carbocycles. The number of likely N-dealkylation sites (tertiary alicyclic amines) is 1. The Morgan fingerprint density at radius 2 is 2.33 bits per heavy atom. The highest BCUT2D eigenvalue weighted by Crippen LogP contribution is 2.25. The van der Waals surface area contributed by atoms with E-state index in [-0.39, 0.29) is 11.7 Å². The van der Waals surface area contributed by atoms with Crippen molar-refractivity contribution < 1.29 is 14.6 Å². The van der Waals surface area contributed by atoms with Gasteiger partial charge in [0.15, 0.2) is 0 Å². The topological polar surface area (TPSA) is 61.8 Å². The molecule has 5 heteroatoms. The fourth-order valence-electron chi connectivity index (χ4n) is 2.67. The third-order valence-corrected chi connectivity index (χ3v) is 3.83. The standard InChI is InChI=1S/C16H24N2O3/c1-3-8-17-12-5-4-9-18(11-12)16(20)14-7-6-13(21-2)10-15(14)19/h6-7,10,12,17,19H,3-5,8-9,11H2,1-2H3. The van der Waals surface area contributed by atoms with E-state index in [0.29, 0.717) is 23.9 Å². The molecule has 2 rings (SSSR count). The number of amides is 1. The molecule has 0 bridgehead atoms. The Morgan fingerprint density at radius 1 is 1.52 bits per heavy atom. The second-order valence-electron chi connectivity index (χ2n) is 5.43.